The van der Waals surface area contributed by atoms with E-state index in [1.807, 2.05) is 12.1 Å². The van der Waals surface area contributed by atoms with Gasteiger partial charge in [-0.3, -0.25) is 0 Å². The Morgan fingerprint density at radius 3 is 2.29 bits per heavy atom. The molecular formula is C11H11Cl2N. The van der Waals surface area contributed by atoms with Gasteiger partial charge in [0.1, 0.15) is 10.3 Å². The van der Waals surface area contributed by atoms with Gasteiger partial charge in [0.2, 0.25) is 0 Å². The van der Waals surface area contributed by atoms with E-state index in [0.717, 1.165) is 11.1 Å². The van der Waals surface area contributed by atoms with Crippen LogP contribution < -0.4 is 0 Å². The fraction of sp³-hybridized carbons (Fsp3) is 0.364. The Morgan fingerprint density at radius 2 is 1.86 bits per heavy atom. The number of aromatic nitrogens is 1. The highest BCUT2D eigenvalue weighted by molar-refractivity contribution is 6.32. The van der Waals surface area contributed by atoms with E-state index in [0.29, 0.717) is 16.2 Å². The minimum absolute atomic E-state index is 0.438. The Balaban J connectivity index is 2.26. The zero-order chi connectivity index (χ0) is 10.1. The van der Waals surface area contributed by atoms with Crippen molar-refractivity contribution in [2.75, 3.05) is 0 Å². The van der Waals surface area contributed by atoms with Crippen LogP contribution in [-0.4, -0.2) is 4.98 Å². The lowest BCUT2D eigenvalue weighted by Gasteiger charge is -2.27. The number of pyridine rings is 1. The summed E-state index contributed by atoms with van der Waals surface area (Å²) in [6, 6.07) is 3.65. The molecule has 74 valence electrons. The Kier molecular flexibility index (Phi) is 2.80. The van der Waals surface area contributed by atoms with Gasteiger partial charge in [-0.15, -0.1) is 0 Å². The van der Waals surface area contributed by atoms with Crippen molar-refractivity contribution in [2.45, 2.75) is 19.3 Å². The Bertz CT molecular complexity index is 349. The van der Waals surface area contributed by atoms with Crippen molar-refractivity contribution < 1.29 is 0 Å². The van der Waals surface area contributed by atoms with Gasteiger partial charge >= 0.3 is 0 Å². The SMILES string of the molecule is C=C(c1cc(Cl)nc(Cl)c1)C1CCC1. The van der Waals surface area contributed by atoms with E-state index in [-0.39, 0.29) is 0 Å². The molecule has 1 aromatic rings. The van der Waals surface area contributed by atoms with Crippen molar-refractivity contribution in [3.8, 4) is 0 Å². The zero-order valence-electron chi connectivity index (χ0n) is 7.76. The fourth-order valence-electron chi connectivity index (χ4n) is 1.64. The summed E-state index contributed by atoms with van der Waals surface area (Å²) in [6.07, 6.45) is 3.77. The molecule has 0 bridgehead atoms. The van der Waals surface area contributed by atoms with Crippen molar-refractivity contribution >= 4 is 28.8 Å². The molecule has 1 fully saturated rings. The van der Waals surface area contributed by atoms with Gasteiger partial charge in [0.15, 0.2) is 0 Å². The molecule has 0 atom stereocenters. The van der Waals surface area contributed by atoms with Gasteiger partial charge in [-0.05, 0) is 42.0 Å². The van der Waals surface area contributed by atoms with Crippen LogP contribution in [0.15, 0.2) is 18.7 Å². The van der Waals surface area contributed by atoms with Crippen LogP contribution in [0.2, 0.25) is 10.3 Å². The van der Waals surface area contributed by atoms with Crippen molar-refractivity contribution in [3.63, 3.8) is 0 Å². The highest BCUT2D eigenvalue weighted by Crippen LogP contribution is 2.38. The normalized spacial score (nSPS) is 16.4. The Hall–Kier alpha value is -0.530. The largest absolute Gasteiger partial charge is 0.224 e. The molecular weight excluding hydrogens is 217 g/mol. The van der Waals surface area contributed by atoms with E-state index in [1.165, 1.54) is 19.3 Å². The molecule has 0 saturated heterocycles. The molecule has 1 aliphatic rings. The monoisotopic (exact) mass is 227 g/mol. The summed E-state index contributed by atoms with van der Waals surface area (Å²) in [6.45, 7) is 4.08. The molecule has 1 heterocycles. The van der Waals surface area contributed by atoms with Crippen LogP contribution in [0.3, 0.4) is 0 Å². The number of allylic oxidation sites excluding steroid dienone is 1. The van der Waals surface area contributed by atoms with Crippen LogP contribution in [0.25, 0.3) is 5.57 Å². The zero-order valence-corrected chi connectivity index (χ0v) is 9.28. The molecule has 0 amide bonds. The molecule has 14 heavy (non-hydrogen) atoms. The lowest BCUT2D eigenvalue weighted by atomic mass is 9.78. The summed E-state index contributed by atoms with van der Waals surface area (Å²) < 4.78 is 0. The molecule has 1 aliphatic carbocycles. The standard InChI is InChI=1S/C11H11Cl2N/c1-7(8-3-2-4-8)9-5-10(12)14-11(13)6-9/h5-6,8H,1-4H2. The molecule has 0 N–H and O–H groups in total. The third-order valence-electron chi connectivity index (χ3n) is 2.73. The minimum atomic E-state index is 0.438. The predicted octanol–water partition coefficient (Wildman–Crippen LogP) is 4.20. The summed E-state index contributed by atoms with van der Waals surface area (Å²) >= 11 is 11.6. The fourth-order valence-corrected chi connectivity index (χ4v) is 2.10. The number of nitrogens with zero attached hydrogens (tertiary/aromatic N) is 1. The quantitative estimate of drug-likeness (QED) is 0.691. The van der Waals surface area contributed by atoms with Crippen LogP contribution in [0.5, 0.6) is 0 Å². The van der Waals surface area contributed by atoms with Crippen LogP contribution in [0.4, 0.5) is 0 Å². The van der Waals surface area contributed by atoms with Crippen LogP contribution in [0, 0.1) is 5.92 Å². The van der Waals surface area contributed by atoms with Crippen LogP contribution in [0.1, 0.15) is 24.8 Å². The van der Waals surface area contributed by atoms with E-state index in [4.69, 9.17) is 23.2 Å². The van der Waals surface area contributed by atoms with Gasteiger partial charge in [0.05, 0.1) is 0 Å². The van der Waals surface area contributed by atoms with Crippen molar-refractivity contribution in [1.82, 2.24) is 4.98 Å². The summed E-state index contributed by atoms with van der Waals surface area (Å²) in [5.41, 5.74) is 2.17. The highest BCUT2D eigenvalue weighted by Gasteiger charge is 2.21. The first-order valence-electron chi connectivity index (χ1n) is 4.69. The minimum Gasteiger partial charge on any atom is -0.224 e. The maximum Gasteiger partial charge on any atom is 0.131 e. The lowest BCUT2D eigenvalue weighted by Crippen LogP contribution is -2.12. The van der Waals surface area contributed by atoms with Gasteiger partial charge in [-0.25, -0.2) is 4.98 Å². The Morgan fingerprint density at radius 1 is 1.29 bits per heavy atom. The first-order valence-corrected chi connectivity index (χ1v) is 5.44. The lowest BCUT2D eigenvalue weighted by molar-refractivity contribution is 0.401. The molecule has 3 heteroatoms. The molecule has 0 aromatic carbocycles. The van der Waals surface area contributed by atoms with E-state index < -0.39 is 0 Å². The molecule has 1 nitrogen and oxygen atoms in total. The number of halogens is 2. The van der Waals surface area contributed by atoms with E-state index >= 15 is 0 Å². The Labute approximate surface area is 93.8 Å². The highest BCUT2D eigenvalue weighted by atomic mass is 35.5. The second-order valence-electron chi connectivity index (χ2n) is 3.65. The number of hydrogen-bond donors (Lipinski definition) is 0. The summed E-state index contributed by atoms with van der Waals surface area (Å²) in [5.74, 6) is 0.615. The molecule has 0 unspecified atom stereocenters. The third kappa shape index (κ3) is 1.94. The average molecular weight is 228 g/mol. The molecule has 1 aromatic heterocycles. The molecule has 0 radical (unpaired) electrons. The van der Waals surface area contributed by atoms with Crippen molar-refractivity contribution in [2.24, 2.45) is 5.92 Å². The van der Waals surface area contributed by atoms with Crippen molar-refractivity contribution in [3.05, 3.63) is 34.6 Å². The third-order valence-corrected chi connectivity index (χ3v) is 3.12. The van der Waals surface area contributed by atoms with Gasteiger partial charge in [0, 0.05) is 0 Å². The van der Waals surface area contributed by atoms with E-state index in [2.05, 4.69) is 11.6 Å². The number of rotatable bonds is 2. The smallest absolute Gasteiger partial charge is 0.131 e. The van der Waals surface area contributed by atoms with E-state index in [1.54, 1.807) is 0 Å². The second kappa shape index (κ2) is 3.92. The first-order chi connectivity index (χ1) is 6.66. The van der Waals surface area contributed by atoms with Crippen LogP contribution >= 0.6 is 23.2 Å². The van der Waals surface area contributed by atoms with E-state index in [9.17, 15) is 0 Å². The molecule has 0 spiro atoms. The average Bonchev–Trinajstić information content (AvgIpc) is 1.98. The predicted molar refractivity (Wildman–Crippen MR) is 60.6 cm³/mol. The van der Waals surface area contributed by atoms with Gasteiger partial charge < -0.3 is 0 Å². The molecule has 2 rings (SSSR count). The van der Waals surface area contributed by atoms with Crippen LogP contribution in [-0.2, 0) is 0 Å². The summed E-state index contributed by atoms with van der Waals surface area (Å²) in [4.78, 5) is 3.91. The second-order valence-corrected chi connectivity index (χ2v) is 4.43. The van der Waals surface area contributed by atoms with Gasteiger partial charge in [0.25, 0.3) is 0 Å². The van der Waals surface area contributed by atoms with Gasteiger partial charge in [-0.1, -0.05) is 36.2 Å². The molecule has 1 saturated carbocycles. The number of hydrogen-bond acceptors (Lipinski definition) is 1. The van der Waals surface area contributed by atoms with Gasteiger partial charge in [-0.2, -0.15) is 0 Å². The van der Waals surface area contributed by atoms with Crippen molar-refractivity contribution in [1.29, 1.82) is 0 Å². The maximum absolute atomic E-state index is 5.82. The molecule has 0 aliphatic heterocycles. The first kappa shape index (κ1) is 10.0. The maximum atomic E-state index is 5.82. The summed E-state index contributed by atoms with van der Waals surface area (Å²) in [7, 11) is 0. The summed E-state index contributed by atoms with van der Waals surface area (Å²) in [5, 5.41) is 0.876. The topological polar surface area (TPSA) is 12.9 Å².